The Labute approximate surface area is 191 Å². The van der Waals surface area contributed by atoms with Crippen molar-refractivity contribution in [3.05, 3.63) is 0 Å². The van der Waals surface area contributed by atoms with Gasteiger partial charge in [-0.2, -0.15) is 0 Å². The molecule has 33 heavy (non-hydrogen) atoms. The lowest BCUT2D eigenvalue weighted by Gasteiger charge is -2.28. The molecule has 0 aliphatic carbocycles. The average molecular weight is 498 g/mol. The summed E-state index contributed by atoms with van der Waals surface area (Å²) in [7, 11) is -3.90. The summed E-state index contributed by atoms with van der Waals surface area (Å²) in [5.74, 6) is -4.18. The molecule has 0 aromatic rings. The van der Waals surface area contributed by atoms with Gasteiger partial charge in [0, 0.05) is 27.7 Å². The van der Waals surface area contributed by atoms with Crippen LogP contribution >= 0.6 is 7.60 Å². The average Bonchev–Trinajstić information content (AvgIpc) is 2.96. The molecule has 14 heteroatoms. The van der Waals surface area contributed by atoms with Gasteiger partial charge in [0.05, 0.1) is 19.8 Å². The summed E-state index contributed by atoms with van der Waals surface area (Å²) >= 11 is 0. The summed E-state index contributed by atoms with van der Waals surface area (Å²) in [5, 5.41) is 0. The predicted octanol–water partition coefficient (Wildman–Crippen LogP) is 1.31. The summed E-state index contributed by atoms with van der Waals surface area (Å²) in [6.45, 7) is 6.91. The van der Waals surface area contributed by atoms with Gasteiger partial charge in [-0.15, -0.1) is 0 Å². The lowest BCUT2D eigenvalue weighted by Crippen LogP contribution is -2.42. The van der Waals surface area contributed by atoms with Crippen molar-refractivity contribution < 1.29 is 61.2 Å². The summed E-state index contributed by atoms with van der Waals surface area (Å²) < 4.78 is 55.4. The maximum atomic E-state index is 13.2. The van der Waals surface area contributed by atoms with Crippen molar-refractivity contribution in [3.63, 3.8) is 0 Å². The van der Waals surface area contributed by atoms with Gasteiger partial charge in [0.15, 0.2) is 11.9 Å². The molecule has 5 atom stereocenters. The third-order valence-electron chi connectivity index (χ3n) is 4.01. The van der Waals surface area contributed by atoms with Crippen LogP contribution in [0, 0.1) is 0 Å². The normalized spacial score (nSPS) is 23.5. The molecule has 1 fully saturated rings. The van der Waals surface area contributed by atoms with Gasteiger partial charge >= 0.3 is 31.5 Å². The molecule has 0 N–H and O–H groups in total. The number of carbonyl (C=O) groups excluding carboxylic acids is 4. The van der Waals surface area contributed by atoms with Gasteiger partial charge in [0.1, 0.15) is 12.7 Å². The fourth-order valence-electron chi connectivity index (χ4n) is 2.92. The zero-order chi connectivity index (χ0) is 25.2. The zero-order valence-corrected chi connectivity index (χ0v) is 20.4. The van der Waals surface area contributed by atoms with Crippen molar-refractivity contribution in [1.29, 1.82) is 0 Å². The highest BCUT2D eigenvalue weighted by atomic mass is 31.2. The van der Waals surface area contributed by atoms with Crippen molar-refractivity contribution in [2.45, 2.75) is 72.0 Å². The Hall–Kier alpha value is -2.05. The van der Waals surface area contributed by atoms with E-state index in [4.69, 9.17) is 37.5 Å². The van der Waals surface area contributed by atoms with Crippen LogP contribution in [0.5, 0.6) is 0 Å². The fraction of sp³-hybridized carbons (Fsp3) is 0.789. The first-order valence-corrected chi connectivity index (χ1v) is 11.9. The molecule has 1 rings (SSSR count). The fourth-order valence-corrected chi connectivity index (χ4v) is 4.58. The molecule has 0 aromatic carbocycles. The van der Waals surface area contributed by atoms with E-state index in [9.17, 15) is 23.7 Å². The summed E-state index contributed by atoms with van der Waals surface area (Å²) in [5.41, 5.74) is 0. The monoisotopic (exact) mass is 498 g/mol. The van der Waals surface area contributed by atoms with Crippen LogP contribution in [0.2, 0.25) is 0 Å². The standard InChI is InChI=1S/C19H31O13P/c1-7-27-33(24,28-8-2)16(10-25-11(3)20)26-9-15-17(29-12(4)21)18(30-13(5)22)19(32-15)31-14(6)23/h15-19H,7-10H2,1-6H3/t15-,16?,17-,18-,19-/m1/s1. The smallest absolute Gasteiger partial charge is 0.362 e. The molecular weight excluding hydrogens is 467 g/mol. The molecule has 1 heterocycles. The Morgan fingerprint density at radius 2 is 1.33 bits per heavy atom. The van der Waals surface area contributed by atoms with E-state index in [2.05, 4.69) is 0 Å². The number of hydrogen-bond donors (Lipinski definition) is 0. The van der Waals surface area contributed by atoms with Crippen molar-refractivity contribution in [2.24, 2.45) is 0 Å². The van der Waals surface area contributed by atoms with Crippen LogP contribution in [-0.4, -0.2) is 80.8 Å². The van der Waals surface area contributed by atoms with E-state index in [1.165, 1.54) is 0 Å². The van der Waals surface area contributed by atoms with Crippen LogP contribution in [0.3, 0.4) is 0 Å². The minimum atomic E-state index is -3.90. The third-order valence-corrected chi connectivity index (χ3v) is 6.25. The Bertz CT molecular complexity index is 729. The second-order valence-corrected chi connectivity index (χ2v) is 8.94. The van der Waals surface area contributed by atoms with Crippen LogP contribution < -0.4 is 0 Å². The molecule has 1 aliphatic heterocycles. The van der Waals surface area contributed by atoms with Gasteiger partial charge in [0.25, 0.3) is 0 Å². The molecule has 0 aromatic heterocycles. The van der Waals surface area contributed by atoms with Gasteiger partial charge in [-0.1, -0.05) is 0 Å². The van der Waals surface area contributed by atoms with E-state index < -0.39 is 75.1 Å². The molecule has 1 saturated heterocycles. The van der Waals surface area contributed by atoms with Crippen LogP contribution in [0.15, 0.2) is 0 Å². The maximum absolute atomic E-state index is 13.2. The number of rotatable bonds is 13. The molecule has 1 unspecified atom stereocenters. The van der Waals surface area contributed by atoms with Gasteiger partial charge in [-0.05, 0) is 13.8 Å². The Morgan fingerprint density at radius 3 is 1.79 bits per heavy atom. The molecule has 0 saturated carbocycles. The molecule has 0 radical (unpaired) electrons. The van der Waals surface area contributed by atoms with Crippen molar-refractivity contribution in [3.8, 4) is 0 Å². The second-order valence-electron chi connectivity index (χ2n) is 6.77. The minimum Gasteiger partial charge on any atom is -0.462 e. The van der Waals surface area contributed by atoms with Crippen LogP contribution in [0.1, 0.15) is 41.5 Å². The Balaban J connectivity index is 3.14. The summed E-state index contributed by atoms with van der Waals surface area (Å²) in [6, 6.07) is 0. The summed E-state index contributed by atoms with van der Waals surface area (Å²) in [4.78, 5) is 45.9. The lowest BCUT2D eigenvalue weighted by molar-refractivity contribution is -0.197. The number of hydrogen-bond acceptors (Lipinski definition) is 13. The largest absolute Gasteiger partial charge is 0.462 e. The lowest BCUT2D eigenvalue weighted by atomic mass is 10.1. The van der Waals surface area contributed by atoms with Crippen molar-refractivity contribution in [2.75, 3.05) is 26.4 Å². The SMILES string of the molecule is CCOP(=O)(OCC)C(COC(C)=O)OC[C@H]1O[C@@H](OC(C)=O)[C@H](OC(C)=O)[C@@H]1OC(C)=O. The third kappa shape index (κ3) is 9.38. The molecule has 0 bridgehead atoms. The van der Waals surface area contributed by atoms with Crippen LogP contribution in [-0.2, 0) is 61.2 Å². The van der Waals surface area contributed by atoms with E-state index in [1.807, 2.05) is 0 Å². The molecular formula is C19H31O13P. The van der Waals surface area contributed by atoms with E-state index in [0.29, 0.717) is 0 Å². The van der Waals surface area contributed by atoms with E-state index in [0.717, 1.165) is 27.7 Å². The second kappa shape index (κ2) is 13.6. The van der Waals surface area contributed by atoms with Gasteiger partial charge < -0.3 is 37.5 Å². The first-order valence-electron chi connectivity index (χ1n) is 10.2. The highest BCUT2D eigenvalue weighted by Gasteiger charge is 2.52. The van der Waals surface area contributed by atoms with Gasteiger partial charge in [0.2, 0.25) is 12.4 Å². The molecule has 1 aliphatic rings. The van der Waals surface area contributed by atoms with E-state index in [1.54, 1.807) is 13.8 Å². The topological polar surface area (TPSA) is 159 Å². The zero-order valence-electron chi connectivity index (χ0n) is 19.5. The maximum Gasteiger partial charge on any atom is 0.362 e. The molecule has 0 amide bonds. The number of carbonyl (C=O) groups is 4. The molecule has 13 nitrogen and oxygen atoms in total. The quantitative estimate of drug-likeness (QED) is 0.203. The number of esters is 4. The predicted molar refractivity (Wildman–Crippen MR) is 109 cm³/mol. The van der Waals surface area contributed by atoms with Gasteiger partial charge in [-0.25, -0.2) is 0 Å². The molecule has 190 valence electrons. The Kier molecular flexibility index (Phi) is 12.0. The van der Waals surface area contributed by atoms with Gasteiger partial charge in [-0.3, -0.25) is 23.7 Å². The highest BCUT2D eigenvalue weighted by Crippen LogP contribution is 2.53. The highest BCUT2D eigenvalue weighted by molar-refractivity contribution is 7.54. The molecule has 0 spiro atoms. The van der Waals surface area contributed by atoms with E-state index >= 15 is 0 Å². The van der Waals surface area contributed by atoms with Crippen LogP contribution in [0.25, 0.3) is 0 Å². The van der Waals surface area contributed by atoms with Crippen molar-refractivity contribution >= 4 is 31.5 Å². The van der Waals surface area contributed by atoms with Crippen LogP contribution in [0.4, 0.5) is 0 Å². The minimum absolute atomic E-state index is 0.0241. The first-order chi connectivity index (χ1) is 15.4. The Morgan fingerprint density at radius 1 is 0.818 bits per heavy atom. The summed E-state index contributed by atoms with van der Waals surface area (Å²) in [6.07, 6.45) is -4.99. The first kappa shape index (κ1) is 29.0. The van der Waals surface area contributed by atoms with E-state index in [-0.39, 0.29) is 13.2 Å². The number of ether oxygens (including phenoxy) is 6. The van der Waals surface area contributed by atoms with Crippen molar-refractivity contribution in [1.82, 2.24) is 0 Å².